The van der Waals surface area contributed by atoms with Crippen LogP contribution in [-0.4, -0.2) is 39.9 Å². The molecule has 0 spiro atoms. The molecule has 2 N–H and O–H groups in total. The highest BCUT2D eigenvalue weighted by Gasteiger charge is 2.22. The van der Waals surface area contributed by atoms with E-state index in [0.717, 1.165) is 26.1 Å². The van der Waals surface area contributed by atoms with Crippen LogP contribution in [0.25, 0.3) is 10.9 Å². The molecular weight excluding hydrogens is 312 g/mol. The van der Waals surface area contributed by atoms with Crippen molar-refractivity contribution in [1.82, 2.24) is 20.2 Å². The molecule has 0 bridgehead atoms. The molecule has 0 saturated heterocycles. The third kappa shape index (κ3) is 3.28. The third-order valence-corrected chi connectivity index (χ3v) is 4.77. The molecular formula is C20H22N4O. The van der Waals surface area contributed by atoms with Gasteiger partial charge in [0.1, 0.15) is 5.69 Å². The standard InChI is InChI=1S/C20H22N4O/c1-14(22-20(25)18-8-4-5-10-21-18)12-24-11-9-16-15-6-2-3-7-17(15)23-19(16)13-24/h2-8,10,14,23H,9,11-13H2,1H3,(H,22,25). The number of aromatic amines is 1. The lowest BCUT2D eigenvalue weighted by atomic mass is 10.0. The van der Waals surface area contributed by atoms with E-state index in [2.05, 4.69) is 44.5 Å². The van der Waals surface area contributed by atoms with Gasteiger partial charge < -0.3 is 10.3 Å². The molecule has 5 heteroatoms. The molecule has 4 rings (SSSR count). The van der Waals surface area contributed by atoms with Gasteiger partial charge in [-0.3, -0.25) is 14.7 Å². The van der Waals surface area contributed by atoms with Gasteiger partial charge >= 0.3 is 0 Å². The van der Waals surface area contributed by atoms with E-state index in [0.29, 0.717) is 5.69 Å². The van der Waals surface area contributed by atoms with Crippen LogP contribution >= 0.6 is 0 Å². The van der Waals surface area contributed by atoms with Crippen LogP contribution in [0.5, 0.6) is 0 Å². The minimum Gasteiger partial charge on any atom is -0.357 e. The highest BCUT2D eigenvalue weighted by Crippen LogP contribution is 2.27. The second-order valence-electron chi connectivity index (χ2n) is 6.70. The molecule has 3 aromatic rings. The van der Waals surface area contributed by atoms with Gasteiger partial charge in [-0.1, -0.05) is 24.3 Å². The van der Waals surface area contributed by atoms with E-state index in [1.165, 1.54) is 22.2 Å². The molecule has 128 valence electrons. The van der Waals surface area contributed by atoms with E-state index in [4.69, 9.17) is 0 Å². The molecule has 0 radical (unpaired) electrons. The summed E-state index contributed by atoms with van der Waals surface area (Å²) >= 11 is 0. The summed E-state index contributed by atoms with van der Waals surface area (Å²) in [5.41, 5.74) is 4.42. The van der Waals surface area contributed by atoms with Crippen LogP contribution < -0.4 is 5.32 Å². The number of amides is 1. The van der Waals surface area contributed by atoms with Crippen molar-refractivity contribution in [2.75, 3.05) is 13.1 Å². The minimum absolute atomic E-state index is 0.0698. The zero-order valence-corrected chi connectivity index (χ0v) is 14.3. The predicted octanol–water partition coefficient (Wildman–Crippen LogP) is 2.74. The minimum atomic E-state index is -0.114. The first-order valence-electron chi connectivity index (χ1n) is 8.73. The number of nitrogens with zero attached hydrogens (tertiary/aromatic N) is 2. The second kappa shape index (κ2) is 6.69. The monoisotopic (exact) mass is 334 g/mol. The lowest BCUT2D eigenvalue weighted by molar-refractivity contribution is 0.0922. The van der Waals surface area contributed by atoms with Gasteiger partial charge in [-0.25, -0.2) is 0 Å². The van der Waals surface area contributed by atoms with Crippen LogP contribution in [0, 0.1) is 0 Å². The summed E-state index contributed by atoms with van der Waals surface area (Å²) in [6.45, 7) is 4.78. The van der Waals surface area contributed by atoms with Crippen molar-refractivity contribution < 1.29 is 4.79 Å². The molecule has 1 amide bonds. The summed E-state index contributed by atoms with van der Waals surface area (Å²) in [4.78, 5) is 22.3. The highest BCUT2D eigenvalue weighted by molar-refractivity contribution is 5.92. The molecule has 1 aromatic carbocycles. The predicted molar refractivity (Wildman–Crippen MR) is 98.4 cm³/mol. The Morgan fingerprint density at radius 3 is 2.96 bits per heavy atom. The van der Waals surface area contributed by atoms with Gasteiger partial charge in [0, 0.05) is 48.5 Å². The number of H-pyrrole nitrogens is 1. The molecule has 0 saturated carbocycles. The van der Waals surface area contributed by atoms with E-state index >= 15 is 0 Å². The number of fused-ring (bicyclic) bond motifs is 3. The van der Waals surface area contributed by atoms with Crippen molar-refractivity contribution in [1.29, 1.82) is 0 Å². The Morgan fingerprint density at radius 2 is 2.12 bits per heavy atom. The number of pyridine rings is 1. The number of benzene rings is 1. The molecule has 5 nitrogen and oxygen atoms in total. The quantitative estimate of drug-likeness (QED) is 0.771. The van der Waals surface area contributed by atoms with Gasteiger partial charge in [0.25, 0.3) is 5.91 Å². The molecule has 1 aliphatic rings. The van der Waals surface area contributed by atoms with Crippen molar-refractivity contribution in [3.8, 4) is 0 Å². The molecule has 1 aliphatic heterocycles. The van der Waals surface area contributed by atoms with Gasteiger partial charge in [0.15, 0.2) is 0 Å². The summed E-state index contributed by atoms with van der Waals surface area (Å²) in [5, 5.41) is 4.38. The average molecular weight is 334 g/mol. The summed E-state index contributed by atoms with van der Waals surface area (Å²) in [6.07, 6.45) is 2.68. The number of carbonyl (C=O) groups is 1. The molecule has 1 atom stereocenters. The SMILES string of the molecule is CC(CN1CCc2c([nH]c3ccccc23)C1)NC(=O)c1ccccn1. The largest absolute Gasteiger partial charge is 0.357 e. The maximum absolute atomic E-state index is 12.2. The number of nitrogens with one attached hydrogen (secondary N) is 2. The fraction of sp³-hybridized carbons (Fsp3) is 0.300. The Morgan fingerprint density at radius 1 is 1.28 bits per heavy atom. The van der Waals surface area contributed by atoms with Crippen LogP contribution in [0.2, 0.25) is 0 Å². The first kappa shape index (κ1) is 15.8. The Bertz CT molecular complexity index is 887. The van der Waals surface area contributed by atoms with Crippen LogP contribution in [-0.2, 0) is 13.0 Å². The first-order chi connectivity index (χ1) is 12.2. The Hall–Kier alpha value is -2.66. The molecule has 25 heavy (non-hydrogen) atoms. The van der Waals surface area contributed by atoms with Gasteiger partial charge in [0.05, 0.1) is 0 Å². The van der Waals surface area contributed by atoms with Crippen molar-refractivity contribution in [2.24, 2.45) is 0 Å². The summed E-state index contributed by atoms with van der Waals surface area (Å²) < 4.78 is 0. The lowest BCUT2D eigenvalue weighted by Gasteiger charge is -2.29. The Labute approximate surface area is 147 Å². The van der Waals surface area contributed by atoms with Gasteiger partial charge in [-0.15, -0.1) is 0 Å². The Balaban J connectivity index is 1.40. The maximum atomic E-state index is 12.2. The van der Waals surface area contributed by atoms with Crippen molar-refractivity contribution in [3.63, 3.8) is 0 Å². The fourth-order valence-electron chi connectivity index (χ4n) is 3.63. The van der Waals surface area contributed by atoms with Gasteiger partial charge in [0.2, 0.25) is 0 Å². The highest BCUT2D eigenvalue weighted by atomic mass is 16.1. The van der Waals surface area contributed by atoms with Crippen molar-refractivity contribution in [3.05, 3.63) is 65.6 Å². The second-order valence-corrected chi connectivity index (χ2v) is 6.70. The zero-order chi connectivity index (χ0) is 17.2. The zero-order valence-electron chi connectivity index (χ0n) is 14.3. The van der Waals surface area contributed by atoms with Crippen molar-refractivity contribution >= 4 is 16.8 Å². The van der Waals surface area contributed by atoms with Crippen LogP contribution in [0.3, 0.4) is 0 Å². The van der Waals surface area contributed by atoms with Gasteiger partial charge in [-0.05, 0) is 37.1 Å². The number of aromatic nitrogens is 2. The smallest absolute Gasteiger partial charge is 0.270 e. The van der Waals surface area contributed by atoms with Crippen molar-refractivity contribution in [2.45, 2.75) is 25.9 Å². The van der Waals surface area contributed by atoms with E-state index in [-0.39, 0.29) is 11.9 Å². The summed E-state index contributed by atoms with van der Waals surface area (Å²) in [5.74, 6) is -0.114. The third-order valence-electron chi connectivity index (χ3n) is 4.77. The van der Waals surface area contributed by atoms with Crippen LogP contribution in [0.1, 0.15) is 28.7 Å². The van der Waals surface area contributed by atoms with E-state index in [9.17, 15) is 4.79 Å². The molecule has 1 unspecified atom stereocenters. The molecule has 3 heterocycles. The molecule has 2 aromatic heterocycles. The topological polar surface area (TPSA) is 61.0 Å². The normalized spacial score (nSPS) is 15.7. The number of carbonyl (C=O) groups excluding carboxylic acids is 1. The average Bonchev–Trinajstić information content (AvgIpc) is 3.00. The number of hydrogen-bond donors (Lipinski definition) is 2. The number of para-hydroxylation sites is 1. The maximum Gasteiger partial charge on any atom is 0.270 e. The lowest BCUT2D eigenvalue weighted by Crippen LogP contribution is -2.43. The number of hydrogen-bond acceptors (Lipinski definition) is 3. The Kier molecular flexibility index (Phi) is 4.24. The number of rotatable bonds is 4. The molecule has 0 fully saturated rings. The van der Waals surface area contributed by atoms with Crippen LogP contribution in [0.15, 0.2) is 48.7 Å². The van der Waals surface area contributed by atoms with E-state index in [1.54, 1.807) is 12.3 Å². The molecule has 0 aliphatic carbocycles. The van der Waals surface area contributed by atoms with E-state index < -0.39 is 0 Å². The first-order valence-corrected chi connectivity index (χ1v) is 8.73. The summed E-state index contributed by atoms with van der Waals surface area (Å²) in [7, 11) is 0. The van der Waals surface area contributed by atoms with E-state index in [1.807, 2.05) is 19.1 Å². The van der Waals surface area contributed by atoms with Gasteiger partial charge in [-0.2, -0.15) is 0 Å². The summed E-state index contributed by atoms with van der Waals surface area (Å²) in [6, 6.07) is 13.9. The fourth-order valence-corrected chi connectivity index (χ4v) is 3.63. The van der Waals surface area contributed by atoms with Crippen LogP contribution in [0.4, 0.5) is 0 Å².